The number of ether oxygens (including phenoxy) is 1. The number of esters is 1. The van der Waals surface area contributed by atoms with Crippen LogP contribution in [0.4, 0.5) is 0 Å². The normalized spacial score (nSPS) is 25.9. The largest absolute Gasteiger partial charge is 0.462 e. The average Bonchev–Trinajstić information content (AvgIpc) is 2.42. The molecule has 0 fully saturated rings. The number of carbonyl (C=O) groups is 1. The van der Waals surface area contributed by atoms with Crippen molar-refractivity contribution in [3.63, 3.8) is 0 Å². The first-order valence-electron chi connectivity index (χ1n) is 8.67. The molecule has 0 aromatic heterocycles. The van der Waals surface area contributed by atoms with E-state index in [1.54, 1.807) is 0 Å². The standard InChI is InChI=1S/C18H32O2/c1-2-14-17-15-12-10-8-6-4-3-5-7-9-11-13-16-18(19)20-17/h5,7,17H,2-4,6,8-16H2,1H3/b7-5+. The van der Waals surface area contributed by atoms with E-state index in [1.165, 1.54) is 38.5 Å². The summed E-state index contributed by atoms with van der Waals surface area (Å²) in [6.07, 6.45) is 19.4. The summed E-state index contributed by atoms with van der Waals surface area (Å²) < 4.78 is 5.63. The molecule has 1 aliphatic heterocycles. The molecule has 0 aromatic rings. The first-order valence-corrected chi connectivity index (χ1v) is 8.67. The van der Waals surface area contributed by atoms with Crippen LogP contribution in [0.5, 0.6) is 0 Å². The third-order valence-electron chi connectivity index (χ3n) is 3.97. The molecule has 2 heteroatoms. The van der Waals surface area contributed by atoms with Crippen molar-refractivity contribution in [1.82, 2.24) is 0 Å². The predicted molar refractivity (Wildman–Crippen MR) is 84.7 cm³/mol. The molecule has 0 aliphatic carbocycles. The van der Waals surface area contributed by atoms with Gasteiger partial charge in [0.25, 0.3) is 0 Å². The van der Waals surface area contributed by atoms with E-state index in [1.807, 2.05) is 0 Å². The molecule has 0 saturated carbocycles. The number of carbonyl (C=O) groups excluding carboxylic acids is 1. The van der Waals surface area contributed by atoms with Crippen LogP contribution < -0.4 is 0 Å². The maximum atomic E-state index is 11.8. The third kappa shape index (κ3) is 9.17. The first-order chi connectivity index (χ1) is 9.83. The van der Waals surface area contributed by atoms with E-state index in [0.29, 0.717) is 6.42 Å². The molecule has 0 spiro atoms. The summed E-state index contributed by atoms with van der Waals surface area (Å²) in [5.74, 6) is 0.0134. The molecular weight excluding hydrogens is 248 g/mol. The fraction of sp³-hybridized carbons (Fsp3) is 0.833. The average molecular weight is 280 g/mol. The Morgan fingerprint density at radius 2 is 1.65 bits per heavy atom. The van der Waals surface area contributed by atoms with Crippen LogP contribution in [0.3, 0.4) is 0 Å². The van der Waals surface area contributed by atoms with Gasteiger partial charge in [0.1, 0.15) is 6.10 Å². The fourth-order valence-electron chi connectivity index (χ4n) is 2.76. The van der Waals surface area contributed by atoms with E-state index in [-0.39, 0.29) is 12.1 Å². The van der Waals surface area contributed by atoms with Crippen molar-refractivity contribution >= 4 is 5.97 Å². The highest BCUT2D eigenvalue weighted by molar-refractivity contribution is 5.69. The Bertz CT molecular complexity index is 271. The summed E-state index contributed by atoms with van der Waals surface area (Å²) in [5, 5.41) is 0. The van der Waals surface area contributed by atoms with Crippen LogP contribution in [0.2, 0.25) is 0 Å². The summed E-state index contributed by atoms with van der Waals surface area (Å²) in [6, 6.07) is 0. The summed E-state index contributed by atoms with van der Waals surface area (Å²) in [5.41, 5.74) is 0. The molecule has 0 saturated heterocycles. The zero-order chi connectivity index (χ0) is 14.5. The molecule has 0 radical (unpaired) electrons. The van der Waals surface area contributed by atoms with Gasteiger partial charge >= 0.3 is 5.97 Å². The smallest absolute Gasteiger partial charge is 0.306 e. The van der Waals surface area contributed by atoms with Gasteiger partial charge in [-0.15, -0.1) is 0 Å². The van der Waals surface area contributed by atoms with E-state index >= 15 is 0 Å². The molecule has 0 N–H and O–H groups in total. The van der Waals surface area contributed by atoms with Crippen molar-refractivity contribution in [3.8, 4) is 0 Å². The molecule has 2 nitrogen and oxygen atoms in total. The van der Waals surface area contributed by atoms with Crippen molar-refractivity contribution in [2.45, 2.75) is 96.5 Å². The molecule has 1 rings (SSSR count). The highest BCUT2D eigenvalue weighted by Gasteiger charge is 2.13. The number of cyclic esters (lactones) is 1. The molecule has 1 heterocycles. The first kappa shape index (κ1) is 17.3. The quantitative estimate of drug-likeness (QED) is 0.489. The van der Waals surface area contributed by atoms with Crippen LogP contribution in [0.25, 0.3) is 0 Å². The minimum atomic E-state index is 0.0134. The second-order valence-corrected chi connectivity index (χ2v) is 5.96. The summed E-state index contributed by atoms with van der Waals surface area (Å²) in [7, 11) is 0. The van der Waals surface area contributed by atoms with Gasteiger partial charge in [0, 0.05) is 6.42 Å². The summed E-state index contributed by atoms with van der Waals surface area (Å²) in [4.78, 5) is 11.8. The van der Waals surface area contributed by atoms with Crippen LogP contribution in [0, 0.1) is 0 Å². The lowest BCUT2D eigenvalue weighted by Crippen LogP contribution is -2.18. The highest BCUT2D eigenvalue weighted by Crippen LogP contribution is 2.16. The Balaban J connectivity index is 2.37. The molecular formula is C18H32O2. The second kappa shape index (κ2) is 12.0. The fourth-order valence-corrected chi connectivity index (χ4v) is 2.76. The lowest BCUT2D eigenvalue weighted by atomic mass is 10.0. The Morgan fingerprint density at radius 3 is 2.40 bits per heavy atom. The Hall–Kier alpha value is -0.790. The lowest BCUT2D eigenvalue weighted by Gasteiger charge is -2.17. The van der Waals surface area contributed by atoms with Crippen LogP contribution in [0.1, 0.15) is 90.4 Å². The van der Waals surface area contributed by atoms with E-state index in [9.17, 15) is 4.79 Å². The summed E-state index contributed by atoms with van der Waals surface area (Å²) >= 11 is 0. The Kier molecular flexibility index (Phi) is 10.3. The van der Waals surface area contributed by atoms with Gasteiger partial charge in [0.15, 0.2) is 0 Å². The molecule has 1 atom stereocenters. The molecule has 0 amide bonds. The van der Waals surface area contributed by atoms with Gasteiger partial charge in [-0.05, 0) is 51.4 Å². The minimum Gasteiger partial charge on any atom is -0.462 e. The van der Waals surface area contributed by atoms with Gasteiger partial charge in [0.2, 0.25) is 0 Å². The molecule has 20 heavy (non-hydrogen) atoms. The topological polar surface area (TPSA) is 26.3 Å². The van der Waals surface area contributed by atoms with Crippen LogP contribution in [-0.2, 0) is 9.53 Å². The van der Waals surface area contributed by atoms with E-state index in [2.05, 4.69) is 19.1 Å². The van der Waals surface area contributed by atoms with E-state index in [4.69, 9.17) is 4.74 Å². The van der Waals surface area contributed by atoms with Crippen molar-refractivity contribution in [2.24, 2.45) is 0 Å². The number of allylic oxidation sites excluding steroid dienone is 2. The SMILES string of the molecule is CCCC1CCCCCCC/C=C/CCCCC(=O)O1. The maximum Gasteiger partial charge on any atom is 0.306 e. The van der Waals surface area contributed by atoms with Crippen molar-refractivity contribution in [3.05, 3.63) is 12.2 Å². The van der Waals surface area contributed by atoms with Crippen LogP contribution >= 0.6 is 0 Å². The van der Waals surface area contributed by atoms with Crippen molar-refractivity contribution in [1.29, 1.82) is 0 Å². The van der Waals surface area contributed by atoms with Gasteiger partial charge in [-0.2, -0.15) is 0 Å². The highest BCUT2D eigenvalue weighted by atomic mass is 16.5. The van der Waals surface area contributed by atoms with Crippen LogP contribution in [-0.4, -0.2) is 12.1 Å². The van der Waals surface area contributed by atoms with Crippen molar-refractivity contribution < 1.29 is 9.53 Å². The number of rotatable bonds is 2. The van der Waals surface area contributed by atoms with Gasteiger partial charge in [-0.3, -0.25) is 4.79 Å². The molecule has 0 bridgehead atoms. The number of hydrogen-bond acceptors (Lipinski definition) is 2. The Morgan fingerprint density at radius 1 is 1.00 bits per heavy atom. The van der Waals surface area contributed by atoms with Crippen molar-refractivity contribution in [2.75, 3.05) is 0 Å². The minimum absolute atomic E-state index is 0.0134. The zero-order valence-electron chi connectivity index (χ0n) is 13.2. The number of hydrogen-bond donors (Lipinski definition) is 0. The molecule has 0 aromatic carbocycles. The lowest BCUT2D eigenvalue weighted by molar-refractivity contribution is -0.150. The monoisotopic (exact) mass is 280 g/mol. The predicted octanol–water partition coefficient (Wildman–Crippen LogP) is 5.56. The third-order valence-corrected chi connectivity index (χ3v) is 3.97. The van der Waals surface area contributed by atoms with Gasteiger partial charge in [0.05, 0.1) is 0 Å². The van der Waals surface area contributed by atoms with Gasteiger partial charge in [-0.25, -0.2) is 0 Å². The van der Waals surface area contributed by atoms with E-state index < -0.39 is 0 Å². The Labute approximate surface area is 125 Å². The van der Waals surface area contributed by atoms with Gasteiger partial charge < -0.3 is 4.74 Å². The second-order valence-electron chi connectivity index (χ2n) is 5.96. The maximum absolute atomic E-state index is 11.8. The van der Waals surface area contributed by atoms with Crippen LogP contribution in [0.15, 0.2) is 12.2 Å². The zero-order valence-corrected chi connectivity index (χ0v) is 13.2. The molecule has 1 aliphatic rings. The van der Waals surface area contributed by atoms with Gasteiger partial charge in [-0.1, -0.05) is 44.8 Å². The molecule has 1 unspecified atom stereocenters. The van der Waals surface area contributed by atoms with E-state index in [0.717, 1.165) is 38.5 Å². The molecule has 116 valence electrons. The summed E-state index contributed by atoms with van der Waals surface area (Å²) in [6.45, 7) is 2.17.